The molecule has 0 spiro atoms. The first kappa shape index (κ1) is 13.7. The van der Waals surface area contributed by atoms with Crippen LogP contribution in [0.1, 0.15) is 36.0 Å². The predicted octanol–water partition coefficient (Wildman–Crippen LogP) is 2.09. The van der Waals surface area contributed by atoms with Crippen LogP contribution in [-0.2, 0) is 6.54 Å². The van der Waals surface area contributed by atoms with E-state index in [4.69, 9.17) is 0 Å². The third-order valence-corrected chi connectivity index (χ3v) is 3.17. The van der Waals surface area contributed by atoms with Crippen LogP contribution in [0, 0.1) is 20.8 Å². The maximum atomic E-state index is 4.56. The van der Waals surface area contributed by atoms with Gasteiger partial charge in [0, 0.05) is 17.8 Å². The summed E-state index contributed by atoms with van der Waals surface area (Å²) in [5.74, 6) is 0.771. The second-order valence-electron chi connectivity index (χ2n) is 4.77. The molecular formula is C14H21N5. The van der Waals surface area contributed by atoms with Crippen molar-refractivity contribution in [1.82, 2.24) is 25.3 Å². The van der Waals surface area contributed by atoms with Crippen LogP contribution in [0.15, 0.2) is 12.1 Å². The summed E-state index contributed by atoms with van der Waals surface area (Å²) in [5, 5.41) is 16.3. The lowest BCUT2D eigenvalue weighted by molar-refractivity contribution is 0.670. The summed E-state index contributed by atoms with van der Waals surface area (Å²) in [4.78, 5) is 0. The lowest BCUT2D eigenvalue weighted by Gasteiger charge is -2.05. The summed E-state index contributed by atoms with van der Waals surface area (Å²) in [5.41, 5.74) is 4.33. The van der Waals surface area contributed by atoms with Gasteiger partial charge in [0.15, 0.2) is 5.82 Å². The fraction of sp³-hybridized carbons (Fsp3) is 0.500. The Bertz CT molecular complexity index is 542. The fourth-order valence-electron chi connectivity index (χ4n) is 2.05. The summed E-state index contributed by atoms with van der Waals surface area (Å²) in [6.07, 6.45) is 1.13. The monoisotopic (exact) mass is 259 g/mol. The largest absolute Gasteiger partial charge is 0.313 e. The highest BCUT2D eigenvalue weighted by atomic mass is 15.3. The molecule has 5 nitrogen and oxygen atoms in total. The molecule has 0 aliphatic heterocycles. The molecule has 0 amide bonds. The molecule has 0 atom stereocenters. The zero-order valence-electron chi connectivity index (χ0n) is 12.1. The molecule has 2 rings (SSSR count). The van der Waals surface area contributed by atoms with E-state index in [9.17, 15) is 0 Å². The third-order valence-electron chi connectivity index (χ3n) is 3.17. The van der Waals surface area contributed by atoms with E-state index in [0.717, 1.165) is 42.4 Å². The molecule has 19 heavy (non-hydrogen) atoms. The van der Waals surface area contributed by atoms with Gasteiger partial charge in [-0.3, -0.25) is 0 Å². The molecule has 0 aliphatic rings. The van der Waals surface area contributed by atoms with Crippen molar-refractivity contribution in [3.63, 3.8) is 0 Å². The van der Waals surface area contributed by atoms with E-state index in [2.05, 4.69) is 34.5 Å². The summed E-state index contributed by atoms with van der Waals surface area (Å²) >= 11 is 0. The Kier molecular flexibility index (Phi) is 4.27. The minimum atomic E-state index is 0.771. The molecule has 0 bridgehead atoms. The van der Waals surface area contributed by atoms with Gasteiger partial charge in [-0.05, 0) is 45.9 Å². The molecule has 2 heterocycles. The molecule has 2 aromatic rings. The average molecular weight is 259 g/mol. The molecule has 0 aromatic carbocycles. The SMILES string of the molecule is CCCNCc1c(C)nn(-c2ccc(C)nn2)c1C. The zero-order chi connectivity index (χ0) is 13.8. The number of nitrogens with zero attached hydrogens (tertiary/aromatic N) is 4. The Morgan fingerprint density at radius 2 is 1.95 bits per heavy atom. The highest BCUT2D eigenvalue weighted by Gasteiger charge is 2.13. The molecular weight excluding hydrogens is 238 g/mol. The first-order valence-corrected chi connectivity index (χ1v) is 6.70. The summed E-state index contributed by atoms with van der Waals surface area (Å²) in [6.45, 7) is 10.1. The van der Waals surface area contributed by atoms with Crippen LogP contribution in [0.25, 0.3) is 5.82 Å². The number of aryl methyl sites for hydroxylation is 2. The van der Waals surface area contributed by atoms with E-state index in [1.807, 2.05) is 30.7 Å². The molecule has 0 fully saturated rings. The van der Waals surface area contributed by atoms with Crippen molar-refractivity contribution in [2.24, 2.45) is 0 Å². The van der Waals surface area contributed by atoms with Gasteiger partial charge in [0.05, 0.1) is 11.4 Å². The van der Waals surface area contributed by atoms with E-state index in [1.165, 1.54) is 5.56 Å². The van der Waals surface area contributed by atoms with Gasteiger partial charge < -0.3 is 5.32 Å². The molecule has 102 valence electrons. The van der Waals surface area contributed by atoms with Crippen LogP contribution >= 0.6 is 0 Å². The Labute approximate surface area is 114 Å². The van der Waals surface area contributed by atoms with E-state index in [1.54, 1.807) is 0 Å². The average Bonchev–Trinajstić information content (AvgIpc) is 2.68. The smallest absolute Gasteiger partial charge is 0.175 e. The van der Waals surface area contributed by atoms with Crippen molar-refractivity contribution in [3.05, 3.63) is 34.8 Å². The van der Waals surface area contributed by atoms with Crippen molar-refractivity contribution in [2.45, 2.75) is 40.7 Å². The summed E-state index contributed by atoms with van der Waals surface area (Å²) < 4.78 is 1.87. The van der Waals surface area contributed by atoms with Gasteiger partial charge in [0.2, 0.25) is 0 Å². The van der Waals surface area contributed by atoms with Crippen molar-refractivity contribution in [1.29, 1.82) is 0 Å². The maximum Gasteiger partial charge on any atom is 0.175 e. The third kappa shape index (κ3) is 2.98. The van der Waals surface area contributed by atoms with E-state index < -0.39 is 0 Å². The molecule has 0 unspecified atom stereocenters. The Hall–Kier alpha value is -1.75. The van der Waals surface area contributed by atoms with Gasteiger partial charge in [0.25, 0.3) is 0 Å². The minimum Gasteiger partial charge on any atom is -0.313 e. The minimum absolute atomic E-state index is 0.771. The lowest BCUT2D eigenvalue weighted by atomic mass is 10.2. The molecule has 5 heteroatoms. The molecule has 1 N–H and O–H groups in total. The standard InChI is InChI=1S/C14H21N5/c1-5-8-15-9-13-11(3)18-19(12(13)4)14-7-6-10(2)16-17-14/h6-7,15H,5,8-9H2,1-4H3. The van der Waals surface area contributed by atoms with Crippen molar-refractivity contribution < 1.29 is 0 Å². The molecule has 0 saturated carbocycles. The number of aromatic nitrogens is 4. The Morgan fingerprint density at radius 1 is 1.16 bits per heavy atom. The summed E-state index contributed by atoms with van der Waals surface area (Å²) in [6, 6.07) is 3.90. The van der Waals surface area contributed by atoms with E-state index in [-0.39, 0.29) is 0 Å². The predicted molar refractivity (Wildman–Crippen MR) is 75.4 cm³/mol. The van der Waals surface area contributed by atoms with Gasteiger partial charge in [-0.15, -0.1) is 5.10 Å². The lowest BCUT2D eigenvalue weighted by Crippen LogP contribution is -2.15. The van der Waals surface area contributed by atoms with Gasteiger partial charge >= 0.3 is 0 Å². The second kappa shape index (κ2) is 5.93. The zero-order valence-corrected chi connectivity index (χ0v) is 12.1. The fourth-order valence-corrected chi connectivity index (χ4v) is 2.05. The second-order valence-corrected chi connectivity index (χ2v) is 4.77. The van der Waals surface area contributed by atoms with Crippen molar-refractivity contribution >= 4 is 0 Å². The number of rotatable bonds is 5. The van der Waals surface area contributed by atoms with Crippen LogP contribution < -0.4 is 5.32 Å². The quantitative estimate of drug-likeness (QED) is 0.835. The van der Waals surface area contributed by atoms with Crippen LogP contribution in [0.2, 0.25) is 0 Å². The molecule has 0 aliphatic carbocycles. The highest BCUT2D eigenvalue weighted by molar-refractivity contribution is 5.32. The van der Waals surface area contributed by atoms with Gasteiger partial charge in [-0.25, -0.2) is 4.68 Å². The molecule has 0 saturated heterocycles. The van der Waals surface area contributed by atoms with Gasteiger partial charge in [0.1, 0.15) is 0 Å². The molecule has 0 radical (unpaired) electrons. The van der Waals surface area contributed by atoms with E-state index in [0.29, 0.717) is 0 Å². The van der Waals surface area contributed by atoms with Crippen molar-refractivity contribution in [3.8, 4) is 5.82 Å². The van der Waals surface area contributed by atoms with Gasteiger partial charge in [-0.2, -0.15) is 10.2 Å². The van der Waals surface area contributed by atoms with Crippen LogP contribution in [0.4, 0.5) is 0 Å². The van der Waals surface area contributed by atoms with Crippen LogP contribution in [-0.4, -0.2) is 26.5 Å². The number of hydrogen-bond donors (Lipinski definition) is 1. The van der Waals surface area contributed by atoms with Crippen LogP contribution in [0.3, 0.4) is 0 Å². The van der Waals surface area contributed by atoms with Crippen molar-refractivity contribution in [2.75, 3.05) is 6.54 Å². The van der Waals surface area contributed by atoms with Gasteiger partial charge in [-0.1, -0.05) is 6.92 Å². The number of hydrogen-bond acceptors (Lipinski definition) is 4. The topological polar surface area (TPSA) is 55.6 Å². The maximum absolute atomic E-state index is 4.56. The first-order valence-electron chi connectivity index (χ1n) is 6.70. The highest BCUT2D eigenvalue weighted by Crippen LogP contribution is 2.16. The van der Waals surface area contributed by atoms with Crippen LogP contribution in [0.5, 0.6) is 0 Å². The molecule has 2 aromatic heterocycles. The first-order chi connectivity index (χ1) is 9.13. The summed E-state index contributed by atoms with van der Waals surface area (Å²) in [7, 11) is 0. The Balaban J connectivity index is 2.27. The normalized spacial score (nSPS) is 10.9. The Morgan fingerprint density at radius 3 is 2.58 bits per heavy atom. The number of nitrogens with one attached hydrogen (secondary N) is 1. The van der Waals surface area contributed by atoms with E-state index >= 15 is 0 Å².